The van der Waals surface area contributed by atoms with E-state index < -0.39 is 0 Å². The lowest BCUT2D eigenvalue weighted by Gasteiger charge is -2.26. The third-order valence-corrected chi connectivity index (χ3v) is 8.45. The highest BCUT2D eigenvalue weighted by Gasteiger charge is 2.22. The number of hydrogen-bond donors (Lipinski definition) is 0. The summed E-state index contributed by atoms with van der Waals surface area (Å²) < 4.78 is 13.0. The van der Waals surface area contributed by atoms with E-state index in [0.717, 1.165) is 72.1 Å². The van der Waals surface area contributed by atoms with E-state index in [-0.39, 0.29) is 0 Å². The summed E-state index contributed by atoms with van der Waals surface area (Å²) in [5.41, 5.74) is 8.87. The Balaban J connectivity index is 1.26. The number of fused-ring (bicyclic) bond motifs is 8. The second-order valence-corrected chi connectivity index (χ2v) is 10.9. The summed E-state index contributed by atoms with van der Waals surface area (Å²) in [5, 5.41) is 6.89. The Bertz CT molecular complexity index is 2450. The van der Waals surface area contributed by atoms with Crippen LogP contribution in [0.3, 0.4) is 0 Å². The van der Waals surface area contributed by atoms with Gasteiger partial charge in [-0.3, -0.25) is 0 Å². The Hall–Kier alpha value is -5.80. The molecule has 0 saturated carbocycles. The van der Waals surface area contributed by atoms with Crippen molar-refractivity contribution in [1.29, 1.82) is 0 Å². The minimum Gasteiger partial charge on any atom is -0.455 e. The van der Waals surface area contributed by atoms with Crippen molar-refractivity contribution >= 4 is 71.7 Å². The average molecular weight is 552 g/mol. The van der Waals surface area contributed by atoms with Crippen LogP contribution >= 0.6 is 0 Å². The van der Waals surface area contributed by atoms with Crippen molar-refractivity contribution < 1.29 is 8.83 Å². The third kappa shape index (κ3) is 3.68. The fraction of sp³-hybridized carbons (Fsp3) is 0. The molecule has 0 atom stereocenters. The van der Waals surface area contributed by atoms with Crippen LogP contribution < -0.4 is 4.90 Å². The topological polar surface area (TPSA) is 29.5 Å². The number of rotatable bonds is 4. The van der Waals surface area contributed by atoms with Crippen LogP contribution in [0, 0.1) is 0 Å². The lowest BCUT2D eigenvalue weighted by Crippen LogP contribution is -2.10. The van der Waals surface area contributed by atoms with Crippen LogP contribution in [-0.2, 0) is 0 Å². The Labute approximate surface area is 247 Å². The summed E-state index contributed by atoms with van der Waals surface area (Å²) in [6, 6.07) is 53.0. The van der Waals surface area contributed by atoms with Gasteiger partial charge in [-0.15, -0.1) is 0 Å². The van der Waals surface area contributed by atoms with Gasteiger partial charge in [-0.05, 0) is 58.8 Å². The number of furan rings is 2. The van der Waals surface area contributed by atoms with Crippen LogP contribution in [-0.4, -0.2) is 0 Å². The number of hydrogen-bond acceptors (Lipinski definition) is 3. The van der Waals surface area contributed by atoms with Gasteiger partial charge in [0.25, 0.3) is 0 Å². The summed E-state index contributed by atoms with van der Waals surface area (Å²) in [6.45, 7) is 0. The van der Waals surface area contributed by atoms with Gasteiger partial charge >= 0.3 is 0 Å². The maximum Gasteiger partial charge on any atom is 0.160 e. The van der Waals surface area contributed by atoms with E-state index in [9.17, 15) is 0 Å². The fourth-order valence-corrected chi connectivity index (χ4v) is 6.49. The highest BCUT2D eigenvalue weighted by molar-refractivity contribution is 6.23. The summed E-state index contributed by atoms with van der Waals surface area (Å²) in [6.07, 6.45) is 0. The van der Waals surface area contributed by atoms with Gasteiger partial charge in [0.1, 0.15) is 16.7 Å². The second kappa shape index (κ2) is 9.37. The minimum absolute atomic E-state index is 0.875. The first-order valence-corrected chi connectivity index (χ1v) is 14.5. The van der Waals surface area contributed by atoms with E-state index in [2.05, 4.69) is 132 Å². The van der Waals surface area contributed by atoms with Crippen LogP contribution in [0.4, 0.5) is 17.1 Å². The predicted molar refractivity (Wildman–Crippen MR) is 179 cm³/mol. The van der Waals surface area contributed by atoms with E-state index in [1.807, 2.05) is 24.3 Å². The largest absolute Gasteiger partial charge is 0.455 e. The van der Waals surface area contributed by atoms with Crippen molar-refractivity contribution in [3.8, 4) is 11.1 Å². The number of benzene rings is 7. The first kappa shape index (κ1) is 23.9. The first-order valence-electron chi connectivity index (χ1n) is 14.5. The molecule has 0 amide bonds. The van der Waals surface area contributed by atoms with Crippen molar-refractivity contribution in [1.82, 2.24) is 0 Å². The zero-order valence-electron chi connectivity index (χ0n) is 23.2. The quantitative estimate of drug-likeness (QED) is 0.218. The van der Waals surface area contributed by atoms with Crippen molar-refractivity contribution in [2.75, 3.05) is 4.90 Å². The number of nitrogens with zero attached hydrogens (tertiary/aromatic N) is 1. The Kier molecular flexibility index (Phi) is 5.20. The molecule has 43 heavy (non-hydrogen) atoms. The molecule has 0 N–H and O–H groups in total. The van der Waals surface area contributed by atoms with E-state index >= 15 is 0 Å². The summed E-state index contributed by atoms with van der Waals surface area (Å²) in [5.74, 6) is 0. The Morgan fingerprint density at radius 3 is 1.84 bits per heavy atom. The normalized spacial score (nSPS) is 11.7. The molecular formula is C40H25NO2. The van der Waals surface area contributed by atoms with Crippen molar-refractivity contribution in [3.63, 3.8) is 0 Å². The SMILES string of the molecule is c1ccc(N(c2ccc(-c3cccc4c3oc3ccccc34)cc2)c2cc3ccccc3c3c2oc2ccccc23)cc1. The van der Waals surface area contributed by atoms with Crippen LogP contribution in [0.25, 0.3) is 65.8 Å². The molecule has 0 bridgehead atoms. The predicted octanol–water partition coefficient (Wildman–Crippen LogP) is 11.8. The molecule has 3 heteroatoms. The molecule has 7 aromatic carbocycles. The molecule has 0 aliphatic carbocycles. The molecule has 0 spiro atoms. The Morgan fingerprint density at radius 1 is 0.419 bits per heavy atom. The van der Waals surface area contributed by atoms with Crippen molar-refractivity contribution in [2.24, 2.45) is 0 Å². The van der Waals surface area contributed by atoms with Crippen LogP contribution in [0.2, 0.25) is 0 Å². The maximum absolute atomic E-state index is 6.63. The lowest BCUT2D eigenvalue weighted by atomic mass is 10.0. The van der Waals surface area contributed by atoms with Crippen LogP contribution in [0.1, 0.15) is 0 Å². The molecule has 2 aromatic heterocycles. The van der Waals surface area contributed by atoms with Gasteiger partial charge in [0.15, 0.2) is 5.58 Å². The smallest absolute Gasteiger partial charge is 0.160 e. The molecule has 0 unspecified atom stereocenters. The van der Waals surface area contributed by atoms with Gasteiger partial charge < -0.3 is 13.7 Å². The fourth-order valence-electron chi connectivity index (χ4n) is 6.49. The zero-order chi connectivity index (χ0) is 28.3. The minimum atomic E-state index is 0.875. The molecule has 9 aromatic rings. The molecule has 0 radical (unpaired) electrons. The van der Waals surface area contributed by atoms with Gasteiger partial charge in [-0.2, -0.15) is 0 Å². The Morgan fingerprint density at radius 2 is 1.02 bits per heavy atom. The van der Waals surface area contributed by atoms with Crippen molar-refractivity contribution in [2.45, 2.75) is 0 Å². The van der Waals surface area contributed by atoms with Crippen LogP contribution in [0.5, 0.6) is 0 Å². The van der Waals surface area contributed by atoms with Crippen molar-refractivity contribution in [3.05, 3.63) is 152 Å². The molecule has 0 fully saturated rings. The third-order valence-electron chi connectivity index (χ3n) is 8.45. The number of para-hydroxylation sites is 4. The second-order valence-electron chi connectivity index (χ2n) is 10.9. The lowest BCUT2D eigenvalue weighted by molar-refractivity contribution is 0.669. The zero-order valence-corrected chi connectivity index (χ0v) is 23.2. The highest BCUT2D eigenvalue weighted by atomic mass is 16.3. The standard InChI is InChI=1S/C40H25NO2/c1-2-12-28(13-3-1)41(35-25-27-11-4-5-14-30(27)38-34-16-7-9-20-37(34)43-40(35)38)29-23-21-26(22-24-29)31-17-10-18-33-32-15-6-8-19-36(32)42-39(31)33/h1-25H. The molecule has 3 nitrogen and oxygen atoms in total. The van der Waals surface area contributed by atoms with E-state index in [4.69, 9.17) is 8.83 Å². The summed E-state index contributed by atoms with van der Waals surface area (Å²) >= 11 is 0. The van der Waals surface area contributed by atoms with Gasteiger partial charge in [0, 0.05) is 38.5 Å². The van der Waals surface area contributed by atoms with Gasteiger partial charge in [0.2, 0.25) is 0 Å². The maximum atomic E-state index is 6.63. The molecule has 0 aliphatic rings. The molecule has 0 saturated heterocycles. The van der Waals surface area contributed by atoms with Gasteiger partial charge in [-0.1, -0.05) is 109 Å². The molecule has 9 rings (SSSR count). The van der Waals surface area contributed by atoms with E-state index in [1.54, 1.807) is 0 Å². The van der Waals surface area contributed by atoms with Crippen LogP contribution in [0.15, 0.2) is 160 Å². The molecule has 0 aliphatic heterocycles. The van der Waals surface area contributed by atoms with Gasteiger partial charge in [-0.25, -0.2) is 0 Å². The average Bonchev–Trinajstić information content (AvgIpc) is 3.65. The molecule has 202 valence electrons. The number of anilines is 3. The summed E-state index contributed by atoms with van der Waals surface area (Å²) in [4.78, 5) is 2.29. The summed E-state index contributed by atoms with van der Waals surface area (Å²) in [7, 11) is 0. The van der Waals surface area contributed by atoms with Gasteiger partial charge in [0.05, 0.1) is 5.69 Å². The molecule has 2 heterocycles. The van der Waals surface area contributed by atoms with E-state index in [1.165, 1.54) is 10.8 Å². The van der Waals surface area contributed by atoms with E-state index in [0.29, 0.717) is 0 Å². The monoisotopic (exact) mass is 551 g/mol. The molecular weight excluding hydrogens is 526 g/mol. The first-order chi connectivity index (χ1) is 21.3. The highest BCUT2D eigenvalue weighted by Crippen LogP contribution is 2.46.